The Kier molecular flexibility index (Phi) is 3.13. The average Bonchev–Trinajstić information content (AvgIpc) is 2.67. The SMILES string of the molecule is CC(C)c1ccn(Cc2ccn(C)n2)c(=O)c1. The van der Waals surface area contributed by atoms with Gasteiger partial charge in [0.15, 0.2) is 0 Å². The Morgan fingerprint density at radius 1 is 1.29 bits per heavy atom. The summed E-state index contributed by atoms with van der Waals surface area (Å²) in [4.78, 5) is 11.9. The second-order valence-corrected chi connectivity index (χ2v) is 4.56. The van der Waals surface area contributed by atoms with Gasteiger partial charge in [-0.1, -0.05) is 13.8 Å². The van der Waals surface area contributed by atoms with E-state index in [1.54, 1.807) is 15.3 Å². The lowest BCUT2D eigenvalue weighted by Gasteiger charge is -2.07. The van der Waals surface area contributed by atoms with E-state index in [9.17, 15) is 4.79 Å². The van der Waals surface area contributed by atoms with Gasteiger partial charge in [-0.15, -0.1) is 0 Å². The maximum absolute atomic E-state index is 11.9. The Bertz CT molecular complexity index is 566. The molecule has 0 saturated heterocycles. The molecule has 2 aromatic rings. The van der Waals surface area contributed by atoms with Crippen molar-refractivity contribution in [3.63, 3.8) is 0 Å². The molecular weight excluding hydrogens is 214 g/mol. The molecule has 2 rings (SSSR count). The van der Waals surface area contributed by atoms with Crippen LogP contribution in [-0.2, 0) is 13.6 Å². The van der Waals surface area contributed by atoms with Crippen LogP contribution in [0.15, 0.2) is 35.4 Å². The molecule has 0 fully saturated rings. The van der Waals surface area contributed by atoms with Crippen LogP contribution in [0.2, 0.25) is 0 Å². The average molecular weight is 231 g/mol. The molecule has 0 saturated carbocycles. The van der Waals surface area contributed by atoms with Crippen LogP contribution < -0.4 is 5.56 Å². The molecular formula is C13H17N3O. The molecule has 0 unspecified atom stereocenters. The summed E-state index contributed by atoms with van der Waals surface area (Å²) in [6.45, 7) is 4.69. The predicted octanol–water partition coefficient (Wildman–Crippen LogP) is 1.75. The van der Waals surface area contributed by atoms with Gasteiger partial charge in [-0.2, -0.15) is 5.10 Å². The van der Waals surface area contributed by atoms with Crippen LogP contribution in [0, 0.1) is 0 Å². The first kappa shape index (κ1) is 11.6. The van der Waals surface area contributed by atoms with Gasteiger partial charge in [0.2, 0.25) is 0 Å². The Balaban J connectivity index is 2.25. The van der Waals surface area contributed by atoms with Gasteiger partial charge in [0.1, 0.15) is 0 Å². The van der Waals surface area contributed by atoms with Gasteiger partial charge >= 0.3 is 0 Å². The van der Waals surface area contributed by atoms with E-state index in [0.717, 1.165) is 11.3 Å². The largest absolute Gasteiger partial charge is 0.309 e. The lowest BCUT2D eigenvalue weighted by Crippen LogP contribution is -2.20. The summed E-state index contributed by atoms with van der Waals surface area (Å²) in [6, 6.07) is 5.62. The van der Waals surface area contributed by atoms with Crippen molar-refractivity contribution in [2.45, 2.75) is 26.3 Å². The molecule has 2 aromatic heterocycles. The highest BCUT2D eigenvalue weighted by atomic mass is 16.1. The van der Waals surface area contributed by atoms with Crippen LogP contribution in [0.1, 0.15) is 31.0 Å². The Morgan fingerprint density at radius 2 is 2.06 bits per heavy atom. The Labute approximate surface area is 101 Å². The molecule has 0 spiro atoms. The molecule has 0 aliphatic rings. The molecule has 0 bridgehead atoms. The zero-order valence-corrected chi connectivity index (χ0v) is 10.4. The fourth-order valence-electron chi connectivity index (χ4n) is 1.73. The fraction of sp³-hybridized carbons (Fsp3) is 0.385. The molecule has 17 heavy (non-hydrogen) atoms. The Morgan fingerprint density at radius 3 is 2.59 bits per heavy atom. The lowest BCUT2D eigenvalue weighted by atomic mass is 10.1. The molecule has 0 N–H and O–H groups in total. The van der Waals surface area contributed by atoms with Crippen LogP contribution in [-0.4, -0.2) is 14.3 Å². The smallest absolute Gasteiger partial charge is 0.251 e. The fourth-order valence-corrected chi connectivity index (χ4v) is 1.73. The van der Waals surface area contributed by atoms with Crippen LogP contribution in [0.4, 0.5) is 0 Å². The molecule has 0 aromatic carbocycles. The summed E-state index contributed by atoms with van der Waals surface area (Å²) in [5.41, 5.74) is 2.00. The first-order valence-corrected chi connectivity index (χ1v) is 5.75. The van der Waals surface area contributed by atoms with Crippen molar-refractivity contribution in [1.29, 1.82) is 0 Å². The minimum atomic E-state index is 0.0295. The molecule has 0 amide bonds. The normalized spacial score (nSPS) is 11.1. The van der Waals surface area contributed by atoms with Crippen molar-refractivity contribution in [3.8, 4) is 0 Å². The minimum absolute atomic E-state index is 0.0295. The second kappa shape index (κ2) is 4.57. The molecule has 2 heterocycles. The number of nitrogens with zero attached hydrogens (tertiary/aromatic N) is 3. The van der Waals surface area contributed by atoms with E-state index in [2.05, 4.69) is 18.9 Å². The third-order valence-electron chi connectivity index (χ3n) is 2.79. The van der Waals surface area contributed by atoms with Gasteiger partial charge < -0.3 is 4.57 Å². The van der Waals surface area contributed by atoms with E-state index in [0.29, 0.717) is 12.5 Å². The third kappa shape index (κ3) is 2.64. The van der Waals surface area contributed by atoms with Crippen LogP contribution in [0.3, 0.4) is 0 Å². The van der Waals surface area contributed by atoms with E-state index in [1.807, 2.05) is 31.6 Å². The van der Waals surface area contributed by atoms with Crippen molar-refractivity contribution in [3.05, 3.63) is 52.2 Å². The number of aryl methyl sites for hydroxylation is 1. The quantitative estimate of drug-likeness (QED) is 0.807. The summed E-state index contributed by atoms with van der Waals surface area (Å²) in [6.07, 6.45) is 3.72. The third-order valence-corrected chi connectivity index (χ3v) is 2.79. The molecule has 0 radical (unpaired) electrons. The van der Waals surface area contributed by atoms with Crippen molar-refractivity contribution < 1.29 is 0 Å². The van der Waals surface area contributed by atoms with E-state index in [4.69, 9.17) is 0 Å². The highest BCUT2D eigenvalue weighted by Crippen LogP contribution is 2.10. The highest BCUT2D eigenvalue weighted by molar-refractivity contribution is 5.15. The number of rotatable bonds is 3. The highest BCUT2D eigenvalue weighted by Gasteiger charge is 2.04. The van der Waals surface area contributed by atoms with Gasteiger partial charge in [-0.25, -0.2) is 0 Å². The van der Waals surface area contributed by atoms with Crippen molar-refractivity contribution in [1.82, 2.24) is 14.3 Å². The zero-order valence-electron chi connectivity index (χ0n) is 10.4. The van der Waals surface area contributed by atoms with E-state index < -0.39 is 0 Å². The summed E-state index contributed by atoms with van der Waals surface area (Å²) in [5, 5.41) is 4.26. The van der Waals surface area contributed by atoms with Crippen LogP contribution in [0.5, 0.6) is 0 Å². The van der Waals surface area contributed by atoms with Crippen LogP contribution in [0.25, 0.3) is 0 Å². The molecule has 0 aliphatic heterocycles. The number of hydrogen-bond acceptors (Lipinski definition) is 2. The minimum Gasteiger partial charge on any atom is -0.309 e. The second-order valence-electron chi connectivity index (χ2n) is 4.56. The van der Waals surface area contributed by atoms with Gasteiger partial charge in [0, 0.05) is 25.5 Å². The maximum Gasteiger partial charge on any atom is 0.251 e. The standard InChI is InChI=1S/C13H17N3O/c1-10(2)11-4-7-16(13(17)8-11)9-12-5-6-15(3)14-12/h4-8,10H,9H2,1-3H3. The van der Waals surface area contributed by atoms with Crippen molar-refractivity contribution in [2.24, 2.45) is 7.05 Å². The van der Waals surface area contributed by atoms with Crippen molar-refractivity contribution in [2.75, 3.05) is 0 Å². The van der Waals surface area contributed by atoms with Crippen molar-refractivity contribution >= 4 is 0 Å². The van der Waals surface area contributed by atoms with Gasteiger partial charge in [0.25, 0.3) is 5.56 Å². The number of aromatic nitrogens is 3. The van der Waals surface area contributed by atoms with E-state index in [-0.39, 0.29) is 5.56 Å². The first-order chi connectivity index (χ1) is 8.06. The zero-order chi connectivity index (χ0) is 12.4. The summed E-state index contributed by atoms with van der Waals surface area (Å²) in [7, 11) is 1.87. The summed E-state index contributed by atoms with van der Waals surface area (Å²) >= 11 is 0. The maximum atomic E-state index is 11.9. The molecule has 4 nitrogen and oxygen atoms in total. The predicted molar refractivity (Wildman–Crippen MR) is 67.1 cm³/mol. The Hall–Kier alpha value is -1.84. The lowest BCUT2D eigenvalue weighted by molar-refractivity contribution is 0.688. The van der Waals surface area contributed by atoms with Crippen LogP contribution >= 0.6 is 0 Å². The monoisotopic (exact) mass is 231 g/mol. The number of hydrogen-bond donors (Lipinski definition) is 0. The topological polar surface area (TPSA) is 39.8 Å². The molecule has 4 heteroatoms. The van der Waals surface area contributed by atoms with E-state index >= 15 is 0 Å². The molecule has 0 atom stereocenters. The molecule has 0 aliphatic carbocycles. The van der Waals surface area contributed by atoms with Gasteiger partial charge in [0.05, 0.1) is 12.2 Å². The number of pyridine rings is 1. The summed E-state index contributed by atoms with van der Waals surface area (Å²) in [5.74, 6) is 0.382. The van der Waals surface area contributed by atoms with E-state index in [1.165, 1.54) is 0 Å². The molecule has 90 valence electrons. The summed E-state index contributed by atoms with van der Waals surface area (Å²) < 4.78 is 3.41. The first-order valence-electron chi connectivity index (χ1n) is 5.75. The van der Waals surface area contributed by atoms with Gasteiger partial charge in [-0.3, -0.25) is 9.48 Å². The van der Waals surface area contributed by atoms with Gasteiger partial charge in [-0.05, 0) is 23.6 Å².